The van der Waals surface area contributed by atoms with E-state index in [2.05, 4.69) is 17.2 Å². The zero-order valence-electron chi connectivity index (χ0n) is 16.3. The van der Waals surface area contributed by atoms with Gasteiger partial charge in [-0.3, -0.25) is 9.59 Å². The van der Waals surface area contributed by atoms with Gasteiger partial charge in [0.1, 0.15) is 11.4 Å². The number of aryl methyl sites for hydroxylation is 2. The molecule has 1 aromatic heterocycles. The van der Waals surface area contributed by atoms with Crippen LogP contribution in [-0.2, 0) is 0 Å². The summed E-state index contributed by atoms with van der Waals surface area (Å²) in [6.07, 6.45) is 4.16. The van der Waals surface area contributed by atoms with E-state index in [1.807, 2.05) is 36.9 Å². The number of piperidine rings is 1. The molecule has 1 N–H and O–H groups in total. The lowest BCUT2D eigenvalue weighted by molar-refractivity contribution is 0.0602. The van der Waals surface area contributed by atoms with Crippen molar-refractivity contribution in [1.82, 2.24) is 9.88 Å². The third kappa shape index (κ3) is 4.18. The third-order valence-electron chi connectivity index (χ3n) is 5.28. The van der Waals surface area contributed by atoms with E-state index < -0.39 is 0 Å². The van der Waals surface area contributed by atoms with Gasteiger partial charge in [0.15, 0.2) is 0 Å². The summed E-state index contributed by atoms with van der Waals surface area (Å²) >= 11 is 0. The van der Waals surface area contributed by atoms with Crippen molar-refractivity contribution in [2.75, 3.05) is 11.9 Å². The Morgan fingerprint density at radius 2 is 1.74 bits per heavy atom. The van der Waals surface area contributed by atoms with Crippen LogP contribution >= 0.6 is 0 Å². The molecule has 0 bridgehead atoms. The second kappa shape index (κ2) is 8.33. The molecule has 3 rings (SSSR count). The summed E-state index contributed by atoms with van der Waals surface area (Å²) in [6.45, 7) is 6.78. The number of likely N-dealkylation sites (tertiary alicyclic amines) is 1. The Kier molecular flexibility index (Phi) is 5.89. The van der Waals surface area contributed by atoms with Crippen molar-refractivity contribution in [2.45, 2.75) is 52.5 Å². The van der Waals surface area contributed by atoms with Gasteiger partial charge in [-0.1, -0.05) is 31.2 Å². The molecule has 0 spiro atoms. The number of anilines is 1. The molecular weight excluding hydrogens is 338 g/mol. The lowest BCUT2D eigenvalue weighted by Gasteiger charge is -2.35. The first kappa shape index (κ1) is 19.1. The summed E-state index contributed by atoms with van der Waals surface area (Å²) in [7, 11) is 0. The normalized spacial score (nSPS) is 16.9. The lowest BCUT2D eigenvalue weighted by Crippen LogP contribution is -2.43. The van der Waals surface area contributed by atoms with Gasteiger partial charge in [-0.25, -0.2) is 4.98 Å². The number of carbonyl (C=O) groups is 2. The molecule has 1 atom stereocenters. The Labute approximate surface area is 160 Å². The van der Waals surface area contributed by atoms with Crippen molar-refractivity contribution in [3.8, 4) is 0 Å². The molecular formula is C22H27N3O2. The number of nitrogens with zero attached hydrogens (tertiary/aromatic N) is 2. The zero-order valence-corrected chi connectivity index (χ0v) is 16.3. The van der Waals surface area contributed by atoms with Crippen LogP contribution in [-0.4, -0.2) is 34.3 Å². The van der Waals surface area contributed by atoms with E-state index in [0.717, 1.165) is 49.0 Å². The molecule has 5 heteroatoms. The van der Waals surface area contributed by atoms with Crippen LogP contribution in [0.1, 0.15) is 64.7 Å². The summed E-state index contributed by atoms with van der Waals surface area (Å²) in [5.74, 6) is -0.379. The van der Waals surface area contributed by atoms with E-state index in [0.29, 0.717) is 5.69 Å². The van der Waals surface area contributed by atoms with Crippen LogP contribution in [0.4, 0.5) is 5.69 Å². The molecule has 1 aliphatic heterocycles. The number of benzene rings is 1. The van der Waals surface area contributed by atoms with E-state index in [9.17, 15) is 9.59 Å². The van der Waals surface area contributed by atoms with Gasteiger partial charge in [-0.05, 0) is 62.8 Å². The number of para-hydroxylation sites is 1. The van der Waals surface area contributed by atoms with E-state index in [1.165, 1.54) is 0 Å². The van der Waals surface area contributed by atoms with Gasteiger partial charge in [0.2, 0.25) is 0 Å². The molecule has 27 heavy (non-hydrogen) atoms. The molecule has 1 aromatic carbocycles. The van der Waals surface area contributed by atoms with Crippen LogP contribution < -0.4 is 5.32 Å². The van der Waals surface area contributed by atoms with Crippen molar-refractivity contribution in [2.24, 2.45) is 0 Å². The predicted octanol–water partition coefficient (Wildman–Crippen LogP) is 4.36. The number of hydrogen-bond donors (Lipinski definition) is 1. The molecule has 1 aliphatic rings. The second-order valence-electron chi connectivity index (χ2n) is 7.19. The maximum Gasteiger partial charge on any atom is 0.274 e. The van der Waals surface area contributed by atoms with Crippen molar-refractivity contribution in [3.05, 3.63) is 58.9 Å². The Morgan fingerprint density at radius 3 is 2.44 bits per heavy atom. The molecule has 2 heterocycles. The maximum atomic E-state index is 12.9. The quantitative estimate of drug-likeness (QED) is 0.876. The van der Waals surface area contributed by atoms with Gasteiger partial charge >= 0.3 is 0 Å². The number of amides is 2. The highest BCUT2D eigenvalue weighted by molar-refractivity contribution is 6.04. The van der Waals surface area contributed by atoms with Gasteiger partial charge in [-0.2, -0.15) is 0 Å². The Balaban J connectivity index is 1.80. The van der Waals surface area contributed by atoms with Crippen LogP contribution in [0, 0.1) is 13.8 Å². The molecule has 1 unspecified atom stereocenters. The average molecular weight is 365 g/mol. The minimum absolute atomic E-state index is 0.0803. The second-order valence-corrected chi connectivity index (χ2v) is 7.19. The van der Waals surface area contributed by atoms with Crippen molar-refractivity contribution in [1.29, 1.82) is 0 Å². The van der Waals surface area contributed by atoms with Crippen molar-refractivity contribution in [3.63, 3.8) is 0 Å². The van der Waals surface area contributed by atoms with Gasteiger partial charge in [0.05, 0.1) is 0 Å². The molecule has 0 aliphatic carbocycles. The number of carbonyl (C=O) groups excluding carboxylic acids is 2. The summed E-state index contributed by atoms with van der Waals surface area (Å²) in [5, 5.41) is 2.93. The van der Waals surface area contributed by atoms with Crippen LogP contribution in [0.15, 0.2) is 36.4 Å². The average Bonchev–Trinajstić information content (AvgIpc) is 2.70. The maximum absolute atomic E-state index is 12.9. The fourth-order valence-electron chi connectivity index (χ4n) is 3.71. The Morgan fingerprint density at radius 1 is 1.07 bits per heavy atom. The van der Waals surface area contributed by atoms with Crippen LogP contribution in [0.2, 0.25) is 0 Å². The summed E-state index contributed by atoms with van der Waals surface area (Å²) in [6, 6.07) is 11.2. The number of hydrogen-bond acceptors (Lipinski definition) is 3. The standard InChI is InChI=1S/C22H27N3O2/c1-4-17-11-5-6-14-25(17)22(27)19-13-8-12-18(23-19)21(26)24-20-15(2)9-7-10-16(20)3/h7-10,12-13,17H,4-6,11,14H2,1-3H3,(H,24,26). The summed E-state index contributed by atoms with van der Waals surface area (Å²) < 4.78 is 0. The molecule has 2 amide bonds. The highest BCUT2D eigenvalue weighted by Gasteiger charge is 2.27. The number of aromatic nitrogens is 1. The topological polar surface area (TPSA) is 62.3 Å². The lowest BCUT2D eigenvalue weighted by atomic mass is 9.99. The molecule has 0 radical (unpaired) electrons. The highest BCUT2D eigenvalue weighted by Crippen LogP contribution is 2.22. The van der Waals surface area contributed by atoms with Crippen molar-refractivity contribution >= 4 is 17.5 Å². The first-order valence-electron chi connectivity index (χ1n) is 9.67. The molecule has 2 aromatic rings. The van der Waals surface area contributed by atoms with Gasteiger partial charge < -0.3 is 10.2 Å². The van der Waals surface area contributed by atoms with Gasteiger partial charge in [0, 0.05) is 18.3 Å². The zero-order chi connectivity index (χ0) is 19.4. The molecule has 5 nitrogen and oxygen atoms in total. The number of rotatable bonds is 4. The monoisotopic (exact) mass is 365 g/mol. The van der Waals surface area contributed by atoms with Gasteiger partial charge in [0.25, 0.3) is 11.8 Å². The predicted molar refractivity (Wildman–Crippen MR) is 107 cm³/mol. The molecule has 1 fully saturated rings. The van der Waals surface area contributed by atoms with E-state index >= 15 is 0 Å². The molecule has 1 saturated heterocycles. The fraction of sp³-hybridized carbons (Fsp3) is 0.409. The Hall–Kier alpha value is -2.69. The van der Waals surface area contributed by atoms with E-state index in [4.69, 9.17) is 0 Å². The minimum Gasteiger partial charge on any atom is -0.334 e. The summed E-state index contributed by atoms with van der Waals surface area (Å²) in [4.78, 5) is 31.9. The molecule has 0 saturated carbocycles. The smallest absolute Gasteiger partial charge is 0.274 e. The first-order chi connectivity index (χ1) is 13.0. The van der Waals surface area contributed by atoms with Crippen LogP contribution in [0.25, 0.3) is 0 Å². The van der Waals surface area contributed by atoms with Crippen LogP contribution in [0.3, 0.4) is 0 Å². The SMILES string of the molecule is CCC1CCCCN1C(=O)c1cccc(C(=O)Nc2c(C)cccc2C)n1. The summed E-state index contributed by atoms with van der Waals surface area (Å²) in [5.41, 5.74) is 3.38. The Bertz CT molecular complexity index is 827. The fourth-order valence-corrected chi connectivity index (χ4v) is 3.71. The van der Waals surface area contributed by atoms with E-state index in [-0.39, 0.29) is 23.6 Å². The highest BCUT2D eigenvalue weighted by atomic mass is 16.2. The largest absolute Gasteiger partial charge is 0.334 e. The van der Waals surface area contributed by atoms with E-state index in [1.54, 1.807) is 18.2 Å². The first-order valence-corrected chi connectivity index (χ1v) is 9.67. The number of nitrogens with one attached hydrogen (secondary N) is 1. The molecule has 142 valence electrons. The minimum atomic E-state index is -0.298. The number of pyridine rings is 1. The van der Waals surface area contributed by atoms with Crippen molar-refractivity contribution < 1.29 is 9.59 Å². The van der Waals surface area contributed by atoms with Crippen LogP contribution in [0.5, 0.6) is 0 Å². The van der Waals surface area contributed by atoms with Gasteiger partial charge in [-0.15, -0.1) is 0 Å². The third-order valence-corrected chi connectivity index (χ3v) is 5.28.